The molecule has 0 aromatic carbocycles. The van der Waals surface area contributed by atoms with Gasteiger partial charge >= 0.3 is 0 Å². The van der Waals surface area contributed by atoms with Crippen LogP contribution in [-0.4, -0.2) is 45.7 Å². The summed E-state index contributed by atoms with van der Waals surface area (Å²) in [4.78, 5) is 10.8. The topological polar surface area (TPSA) is 61.3 Å². The standard InChI is InChI=1S/C13H24N4O/c1-4-6-14-13-15-7-5-12(16-13)10-17(8-9-18)11(2)3/h5,7,11,18H,4,6,8-10H2,1-3H3,(H,14,15,16). The Morgan fingerprint density at radius 2 is 2.22 bits per heavy atom. The Bertz CT molecular complexity index is 344. The second-order valence-corrected chi connectivity index (χ2v) is 4.59. The second kappa shape index (κ2) is 8.00. The Hall–Kier alpha value is -1.20. The number of hydrogen-bond donors (Lipinski definition) is 2. The van der Waals surface area contributed by atoms with E-state index in [0.717, 1.165) is 25.2 Å². The van der Waals surface area contributed by atoms with Crippen molar-refractivity contribution in [3.8, 4) is 0 Å². The van der Waals surface area contributed by atoms with Crippen molar-refractivity contribution in [2.75, 3.05) is 25.0 Å². The number of nitrogens with zero attached hydrogens (tertiary/aromatic N) is 3. The third-order valence-corrected chi connectivity index (χ3v) is 2.73. The van der Waals surface area contributed by atoms with Gasteiger partial charge in [0.15, 0.2) is 0 Å². The molecule has 2 N–H and O–H groups in total. The van der Waals surface area contributed by atoms with Gasteiger partial charge in [0.05, 0.1) is 12.3 Å². The zero-order chi connectivity index (χ0) is 13.4. The van der Waals surface area contributed by atoms with E-state index in [-0.39, 0.29) is 6.61 Å². The smallest absolute Gasteiger partial charge is 0.222 e. The molecule has 0 aliphatic heterocycles. The molecule has 0 amide bonds. The zero-order valence-corrected chi connectivity index (χ0v) is 11.6. The molecular formula is C13H24N4O. The van der Waals surface area contributed by atoms with E-state index in [0.29, 0.717) is 18.5 Å². The van der Waals surface area contributed by atoms with Crippen LogP contribution in [0, 0.1) is 0 Å². The maximum absolute atomic E-state index is 9.05. The Labute approximate surface area is 109 Å². The number of rotatable bonds is 8. The number of aromatic nitrogens is 2. The Kier molecular flexibility index (Phi) is 6.60. The van der Waals surface area contributed by atoms with Crippen molar-refractivity contribution in [1.29, 1.82) is 0 Å². The minimum absolute atomic E-state index is 0.171. The number of anilines is 1. The molecule has 0 saturated carbocycles. The van der Waals surface area contributed by atoms with Crippen molar-refractivity contribution in [2.24, 2.45) is 0 Å². The number of aliphatic hydroxyl groups is 1. The van der Waals surface area contributed by atoms with Crippen molar-refractivity contribution in [3.05, 3.63) is 18.0 Å². The molecule has 1 heterocycles. The summed E-state index contributed by atoms with van der Waals surface area (Å²) in [7, 11) is 0. The molecule has 0 aliphatic carbocycles. The van der Waals surface area contributed by atoms with Gasteiger partial charge in [-0.15, -0.1) is 0 Å². The van der Waals surface area contributed by atoms with Gasteiger partial charge in [0, 0.05) is 31.9 Å². The summed E-state index contributed by atoms with van der Waals surface area (Å²) in [5, 5.41) is 12.2. The van der Waals surface area contributed by atoms with Gasteiger partial charge in [0.2, 0.25) is 5.95 Å². The molecule has 5 heteroatoms. The third-order valence-electron chi connectivity index (χ3n) is 2.73. The van der Waals surface area contributed by atoms with E-state index in [1.807, 2.05) is 6.07 Å². The highest BCUT2D eigenvalue weighted by Gasteiger charge is 2.10. The maximum atomic E-state index is 9.05. The molecular weight excluding hydrogens is 228 g/mol. The molecule has 102 valence electrons. The van der Waals surface area contributed by atoms with E-state index in [9.17, 15) is 0 Å². The lowest BCUT2D eigenvalue weighted by Gasteiger charge is -2.25. The van der Waals surface area contributed by atoms with Crippen molar-refractivity contribution in [3.63, 3.8) is 0 Å². The van der Waals surface area contributed by atoms with Gasteiger partial charge in [-0.1, -0.05) is 6.92 Å². The maximum Gasteiger partial charge on any atom is 0.222 e. The summed E-state index contributed by atoms with van der Waals surface area (Å²) in [5.74, 6) is 0.682. The Morgan fingerprint density at radius 3 is 2.83 bits per heavy atom. The van der Waals surface area contributed by atoms with E-state index in [1.54, 1.807) is 6.20 Å². The fourth-order valence-electron chi connectivity index (χ4n) is 1.66. The fourth-order valence-corrected chi connectivity index (χ4v) is 1.66. The van der Waals surface area contributed by atoms with Crippen LogP contribution in [0.1, 0.15) is 32.9 Å². The first-order chi connectivity index (χ1) is 8.67. The van der Waals surface area contributed by atoms with Crippen LogP contribution in [0.5, 0.6) is 0 Å². The molecule has 0 aliphatic rings. The fraction of sp³-hybridized carbons (Fsp3) is 0.692. The molecule has 0 radical (unpaired) electrons. The molecule has 0 saturated heterocycles. The van der Waals surface area contributed by atoms with Crippen LogP contribution in [0.2, 0.25) is 0 Å². The first-order valence-corrected chi connectivity index (χ1v) is 6.58. The molecule has 1 rings (SSSR count). The molecule has 0 fully saturated rings. The van der Waals surface area contributed by atoms with Gasteiger partial charge in [-0.25, -0.2) is 9.97 Å². The van der Waals surface area contributed by atoms with Crippen molar-refractivity contribution in [1.82, 2.24) is 14.9 Å². The third kappa shape index (κ3) is 4.98. The first-order valence-electron chi connectivity index (χ1n) is 6.58. The number of nitrogens with one attached hydrogen (secondary N) is 1. The van der Waals surface area contributed by atoms with Crippen LogP contribution in [0.3, 0.4) is 0 Å². The van der Waals surface area contributed by atoms with Crippen LogP contribution in [0.4, 0.5) is 5.95 Å². The zero-order valence-electron chi connectivity index (χ0n) is 11.6. The average Bonchev–Trinajstić information content (AvgIpc) is 2.36. The molecule has 5 nitrogen and oxygen atoms in total. The highest BCUT2D eigenvalue weighted by atomic mass is 16.3. The number of aliphatic hydroxyl groups excluding tert-OH is 1. The van der Waals surface area contributed by atoms with Crippen LogP contribution >= 0.6 is 0 Å². The Balaban J connectivity index is 2.64. The van der Waals surface area contributed by atoms with E-state index >= 15 is 0 Å². The summed E-state index contributed by atoms with van der Waals surface area (Å²) < 4.78 is 0. The number of hydrogen-bond acceptors (Lipinski definition) is 5. The molecule has 18 heavy (non-hydrogen) atoms. The lowest BCUT2D eigenvalue weighted by molar-refractivity contribution is 0.158. The predicted molar refractivity (Wildman–Crippen MR) is 73.4 cm³/mol. The lowest BCUT2D eigenvalue weighted by atomic mass is 10.3. The van der Waals surface area contributed by atoms with E-state index in [1.165, 1.54) is 0 Å². The summed E-state index contributed by atoms with van der Waals surface area (Å²) >= 11 is 0. The van der Waals surface area contributed by atoms with Crippen molar-refractivity contribution >= 4 is 5.95 Å². The first kappa shape index (κ1) is 14.9. The average molecular weight is 252 g/mol. The van der Waals surface area contributed by atoms with Gasteiger partial charge in [0.25, 0.3) is 0 Å². The highest BCUT2D eigenvalue weighted by molar-refractivity contribution is 5.24. The van der Waals surface area contributed by atoms with Crippen molar-refractivity contribution in [2.45, 2.75) is 39.8 Å². The summed E-state index contributed by atoms with van der Waals surface area (Å²) in [6.07, 6.45) is 2.83. The van der Waals surface area contributed by atoms with E-state index in [4.69, 9.17) is 5.11 Å². The minimum atomic E-state index is 0.171. The van der Waals surface area contributed by atoms with Crippen LogP contribution in [0.25, 0.3) is 0 Å². The van der Waals surface area contributed by atoms with Gasteiger partial charge in [-0.2, -0.15) is 0 Å². The summed E-state index contributed by atoms with van der Waals surface area (Å²) in [5.41, 5.74) is 0.978. The molecule has 0 unspecified atom stereocenters. The lowest BCUT2D eigenvalue weighted by Crippen LogP contribution is -2.33. The minimum Gasteiger partial charge on any atom is -0.395 e. The van der Waals surface area contributed by atoms with Crippen LogP contribution in [-0.2, 0) is 6.54 Å². The Morgan fingerprint density at radius 1 is 1.44 bits per heavy atom. The summed E-state index contributed by atoms with van der Waals surface area (Å²) in [6.45, 7) is 8.80. The van der Waals surface area contributed by atoms with Crippen molar-refractivity contribution < 1.29 is 5.11 Å². The van der Waals surface area contributed by atoms with E-state index < -0.39 is 0 Å². The quantitative estimate of drug-likeness (QED) is 0.734. The largest absolute Gasteiger partial charge is 0.395 e. The van der Waals surface area contributed by atoms with Gasteiger partial charge in [-0.05, 0) is 26.3 Å². The van der Waals surface area contributed by atoms with Crippen LogP contribution < -0.4 is 5.32 Å². The normalized spacial score (nSPS) is 11.2. The SMILES string of the molecule is CCCNc1nccc(CN(CCO)C(C)C)n1. The van der Waals surface area contributed by atoms with Gasteiger partial charge < -0.3 is 10.4 Å². The highest BCUT2D eigenvalue weighted by Crippen LogP contribution is 2.07. The van der Waals surface area contributed by atoms with E-state index in [2.05, 4.69) is 41.0 Å². The molecule has 1 aromatic heterocycles. The van der Waals surface area contributed by atoms with Crippen LogP contribution in [0.15, 0.2) is 12.3 Å². The molecule has 1 aromatic rings. The molecule has 0 atom stereocenters. The summed E-state index contributed by atoms with van der Waals surface area (Å²) in [6, 6.07) is 2.31. The second-order valence-electron chi connectivity index (χ2n) is 4.59. The molecule has 0 bridgehead atoms. The van der Waals surface area contributed by atoms with Gasteiger partial charge in [0.1, 0.15) is 0 Å². The predicted octanol–water partition coefficient (Wildman–Crippen LogP) is 1.50. The van der Waals surface area contributed by atoms with Gasteiger partial charge in [-0.3, -0.25) is 4.90 Å². The monoisotopic (exact) mass is 252 g/mol. The molecule has 0 spiro atoms.